The smallest absolute Gasteiger partial charge is 0.342 e. The van der Waals surface area contributed by atoms with E-state index < -0.39 is 11.2 Å². The van der Waals surface area contributed by atoms with Crippen molar-refractivity contribution >= 4 is 38.4 Å². The normalized spacial score (nSPS) is 12.7. The standard InChI is InChI=1S/C9H7BrN2OS2/c1-15(13)9-11-5-4-6(12-9)7-2-3-8(10)14-7/h2-5H,1H3. The molecule has 0 aliphatic heterocycles. The van der Waals surface area contributed by atoms with Crippen LogP contribution in [0, 0.1) is 0 Å². The highest BCUT2D eigenvalue weighted by Crippen LogP contribution is 2.29. The Morgan fingerprint density at radius 3 is 2.80 bits per heavy atom. The molecule has 0 saturated heterocycles. The molecule has 78 valence electrons. The lowest BCUT2D eigenvalue weighted by atomic mass is 10.3. The molecule has 2 heterocycles. The van der Waals surface area contributed by atoms with Gasteiger partial charge in [0.2, 0.25) is 0 Å². The van der Waals surface area contributed by atoms with Gasteiger partial charge >= 0.3 is 5.16 Å². The van der Waals surface area contributed by atoms with Crippen LogP contribution < -0.4 is 0 Å². The van der Waals surface area contributed by atoms with Crippen LogP contribution in [0.3, 0.4) is 0 Å². The van der Waals surface area contributed by atoms with E-state index in [1.807, 2.05) is 18.2 Å². The molecule has 0 N–H and O–H groups in total. The number of hydrogen-bond donors (Lipinski definition) is 0. The number of rotatable bonds is 2. The highest BCUT2D eigenvalue weighted by Gasteiger charge is 2.10. The zero-order valence-electron chi connectivity index (χ0n) is 7.81. The molecule has 0 aliphatic rings. The fraction of sp³-hybridized carbons (Fsp3) is 0.111. The molecule has 2 aromatic heterocycles. The summed E-state index contributed by atoms with van der Waals surface area (Å²) in [6.07, 6.45) is 3.20. The maximum Gasteiger partial charge on any atom is 0.342 e. The Morgan fingerprint density at radius 1 is 1.40 bits per heavy atom. The van der Waals surface area contributed by atoms with Crippen LogP contribution in [0.1, 0.15) is 0 Å². The van der Waals surface area contributed by atoms with Crippen molar-refractivity contribution in [1.82, 2.24) is 9.97 Å². The molecule has 0 amide bonds. The van der Waals surface area contributed by atoms with Crippen LogP contribution in [0.5, 0.6) is 0 Å². The maximum atomic E-state index is 11.2. The van der Waals surface area contributed by atoms with Crippen LogP contribution in [-0.4, -0.2) is 20.8 Å². The minimum Gasteiger partial charge on any atom is -0.609 e. The third-order valence-corrected chi connectivity index (χ3v) is 4.07. The van der Waals surface area contributed by atoms with E-state index in [1.165, 1.54) is 0 Å². The molecular weight excluding hydrogens is 296 g/mol. The second kappa shape index (κ2) is 4.61. The van der Waals surface area contributed by atoms with Gasteiger partial charge in [-0.2, -0.15) is 9.97 Å². The minimum atomic E-state index is -1.14. The Kier molecular flexibility index (Phi) is 3.40. The summed E-state index contributed by atoms with van der Waals surface area (Å²) < 4.78 is 12.3. The van der Waals surface area contributed by atoms with Crippen molar-refractivity contribution < 1.29 is 4.55 Å². The molecule has 0 aromatic carbocycles. The fourth-order valence-corrected chi connectivity index (χ4v) is 2.86. The van der Waals surface area contributed by atoms with Gasteiger partial charge in [-0.15, -0.1) is 11.3 Å². The van der Waals surface area contributed by atoms with Gasteiger partial charge in [0.1, 0.15) is 6.26 Å². The Morgan fingerprint density at radius 2 is 2.20 bits per heavy atom. The summed E-state index contributed by atoms with van der Waals surface area (Å²) in [4.78, 5) is 9.22. The van der Waals surface area contributed by atoms with Crippen molar-refractivity contribution in [2.45, 2.75) is 5.16 Å². The molecule has 0 saturated carbocycles. The van der Waals surface area contributed by atoms with Crippen molar-refractivity contribution in [2.75, 3.05) is 6.26 Å². The Labute approximate surface area is 103 Å². The highest BCUT2D eigenvalue weighted by molar-refractivity contribution is 9.11. The van der Waals surface area contributed by atoms with Gasteiger partial charge < -0.3 is 4.55 Å². The van der Waals surface area contributed by atoms with E-state index in [1.54, 1.807) is 23.8 Å². The quantitative estimate of drug-likeness (QED) is 0.633. The van der Waals surface area contributed by atoms with Gasteiger partial charge in [0.25, 0.3) is 0 Å². The van der Waals surface area contributed by atoms with E-state index in [4.69, 9.17) is 0 Å². The number of aromatic nitrogens is 2. The molecule has 0 aliphatic carbocycles. The summed E-state index contributed by atoms with van der Waals surface area (Å²) in [7, 11) is 0. The molecule has 2 rings (SSSR count). The molecule has 2 aromatic rings. The van der Waals surface area contributed by atoms with Gasteiger partial charge in [-0.05, 0) is 34.1 Å². The summed E-state index contributed by atoms with van der Waals surface area (Å²) in [5.41, 5.74) is 0.811. The lowest BCUT2D eigenvalue weighted by Gasteiger charge is -2.02. The summed E-state index contributed by atoms with van der Waals surface area (Å²) in [5.74, 6) is 0. The zero-order valence-corrected chi connectivity index (χ0v) is 11.0. The van der Waals surface area contributed by atoms with Gasteiger partial charge in [0.05, 0.1) is 14.4 Å². The monoisotopic (exact) mass is 302 g/mol. The summed E-state index contributed by atoms with van der Waals surface area (Å²) in [6, 6.07) is 5.75. The van der Waals surface area contributed by atoms with Crippen molar-refractivity contribution in [3.05, 3.63) is 28.2 Å². The fourth-order valence-electron chi connectivity index (χ4n) is 1.07. The molecule has 3 nitrogen and oxygen atoms in total. The van der Waals surface area contributed by atoms with Crippen molar-refractivity contribution in [2.24, 2.45) is 0 Å². The van der Waals surface area contributed by atoms with Crippen LogP contribution in [0.2, 0.25) is 0 Å². The van der Waals surface area contributed by atoms with Gasteiger partial charge in [-0.3, -0.25) is 0 Å². The maximum absolute atomic E-state index is 11.2. The number of halogens is 1. The third kappa shape index (κ3) is 2.57. The minimum absolute atomic E-state index is 0.372. The van der Waals surface area contributed by atoms with Crippen molar-refractivity contribution in [3.8, 4) is 10.6 Å². The SMILES string of the molecule is C[S+]([O-])c1nccc(-c2ccc(Br)s2)n1. The van der Waals surface area contributed by atoms with Crippen molar-refractivity contribution in [3.63, 3.8) is 0 Å². The largest absolute Gasteiger partial charge is 0.609 e. The zero-order chi connectivity index (χ0) is 10.8. The van der Waals surface area contributed by atoms with E-state index >= 15 is 0 Å². The first-order valence-electron chi connectivity index (χ1n) is 4.09. The van der Waals surface area contributed by atoms with E-state index in [2.05, 4.69) is 25.9 Å². The predicted molar refractivity (Wildman–Crippen MR) is 65.4 cm³/mol. The van der Waals surface area contributed by atoms with E-state index in [0.717, 1.165) is 14.4 Å². The molecule has 0 spiro atoms. The Hall–Kier alpha value is -0.430. The Balaban J connectivity index is 2.41. The second-order valence-corrected chi connectivity index (χ2v) is 6.52. The lowest BCUT2D eigenvalue weighted by molar-refractivity contribution is 0.592. The average Bonchev–Trinajstić information content (AvgIpc) is 2.65. The lowest BCUT2D eigenvalue weighted by Crippen LogP contribution is -2.03. The molecule has 15 heavy (non-hydrogen) atoms. The number of thiophene rings is 1. The van der Waals surface area contributed by atoms with Crippen LogP contribution in [0.15, 0.2) is 33.3 Å². The van der Waals surface area contributed by atoms with Crippen molar-refractivity contribution in [1.29, 1.82) is 0 Å². The molecule has 1 atom stereocenters. The molecule has 0 radical (unpaired) electrons. The van der Waals surface area contributed by atoms with E-state index in [9.17, 15) is 4.55 Å². The summed E-state index contributed by atoms with van der Waals surface area (Å²) in [5, 5.41) is 0.372. The summed E-state index contributed by atoms with van der Waals surface area (Å²) in [6.45, 7) is 0. The molecule has 0 bridgehead atoms. The first kappa shape index (κ1) is 11.1. The first-order valence-corrected chi connectivity index (χ1v) is 7.26. The van der Waals surface area contributed by atoms with E-state index in [-0.39, 0.29) is 0 Å². The topological polar surface area (TPSA) is 48.8 Å². The predicted octanol–water partition coefficient (Wildman–Crippen LogP) is 2.71. The van der Waals surface area contributed by atoms with Gasteiger partial charge in [0, 0.05) is 17.4 Å². The average molecular weight is 303 g/mol. The van der Waals surface area contributed by atoms with E-state index in [0.29, 0.717) is 5.16 Å². The number of nitrogens with zero attached hydrogens (tertiary/aromatic N) is 2. The second-order valence-electron chi connectivity index (χ2n) is 2.78. The van der Waals surface area contributed by atoms with Crippen LogP contribution in [0.4, 0.5) is 0 Å². The molecular formula is C9H7BrN2OS2. The molecule has 1 unspecified atom stereocenters. The third-order valence-electron chi connectivity index (χ3n) is 1.72. The summed E-state index contributed by atoms with van der Waals surface area (Å²) >= 11 is 3.85. The van der Waals surface area contributed by atoms with Gasteiger partial charge in [-0.1, -0.05) is 0 Å². The molecule has 6 heteroatoms. The van der Waals surface area contributed by atoms with Crippen LogP contribution >= 0.6 is 27.3 Å². The first-order chi connectivity index (χ1) is 7.16. The van der Waals surface area contributed by atoms with Crippen LogP contribution in [0.25, 0.3) is 10.6 Å². The van der Waals surface area contributed by atoms with Crippen LogP contribution in [-0.2, 0) is 11.2 Å². The Bertz CT molecular complexity index is 473. The van der Waals surface area contributed by atoms with Gasteiger partial charge in [0.15, 0.2) is 0 Å². The highest BCUT2D eigenvalue weighted by atomic mass is 79.9. The van der Waals surface area contributed by atoms with Gasteiger partial charge in [-0.25, -0.2) is 0 Å². The molecule has 0 fully saturated rings. The number of hydrogen-bond acceptors (Lipinski definition) is 4.